The molecule has 0 unspecified atom stereocenters. The summed E-state index contributed by atoms with van der Waals surface area (Å²) in [5.41, 5.74) is 6.32. The van der Waals surface area contributed by atoms with Crippen LogP contribution in [-0.2, 0) is 10.2 Å². The van der Waals surface area contributed by atoms with Gasteiger partial charge in [-0.3, -0.25) is 9.36 Å². The Morgan fingerprint density at radius 1 is 0.925 bits per heavy atom. The Balaban J connectivity index is 1.51. The summed E-state index contributed by atoms with van der Waals surface area (Å²) in [7, 11) is 4.61. The number of hydrazone groups is 1. The second-order valence-corrected chi connectivity index (χ2v) is 10.8. The monoisotopic (exact) mass is 559 g/mol. The van der Waals surface area contributed by atoms with Crippen LogP contribution in [0.2, 0.25) is 0 Å². The summed E-state index contributed by atoms with van der Waals surface area (Å²) in [6.07, 6.45) is 1.50. The molecule has 0 bridgehead atoms. The lowest BCUT2D eigenvalue weighted by molar-refractivity contribution is -0.118. The maximum Gasteiger partial charge on any atom is 0.250 e. The van der Waals surface area contributed by atoms with Crippen molar-refractivity contribution in [2.24, 2.45) is 5.10 Å². The van der Waals surface area contributed by atoms with E-state index in [1.165, 1.54) is 37.8 Å². The van der Waals surface area contributed by atoms with Crippen LogP contribution < -0.4 is 19.6 Å². The van der Waals surface area contributed by atoms with E-state index in [-0.39, 0.29) is 17.1 Å². The van der Waals surface area contributed by atoms with E-state index in [4.69, 9.17) is 14.2 Å². The Labute approximate surface area is 238 Å². The number of amides is 1. The van der Waals surface area contributed by atoms with Crippen LogP contribution in [0.4, 0.5) is 0 Å². The molecule has 1 amide bonds. The molecule has 3 aromatic carbocycles. The first-order valence-electron chi connectivity index (χ1n) is 12.6. The first-order valence-corrected chi connectivity index (χ1v) is 13.6. The number of benzene rings is 3. The molecular weight excluding hydrogens is 526 g/mol. The molecular formula is C30H33N5O4S. The van der Waals surface area contributed by atoms with Gasteiger partial charge in [-0.05, 0) is 35.2 Å². The lowest BCUT2D eigenvalue weighted by Crippen LogP contribution is -2.20. The molecule has 0 atom stereocenters. The molecule has 4 rings (SSSR count). The summed E-state index contributed by atoms with van der Waals surface area (Å²) in [6.45, 7) is 6.55. The molecule has 0 aliphatic carbocycles. The van der Waals surface area contributed by atoms with Gasteiger partial charge in [0, 0.05) is 16.8 Å². The first kappa shape index (κ1) is 28.7. The number of thioether (sulfide) groups is 1. The van der Waals surface area contributed by atoms with Gasteiger partial charge in [0.25, 0.3) is 5.91 Å². The molecule has 0 saturated carbocycles. The van der Waals surface area contributed by atoms with Gasteiger partial charge in [0.1, 0.15) is 0 Å². The Bertz CT molecular complexity index is 1480. The number of rotatable bonds is 10. The fourth-order valence-electron chi connectivity index (χ4n) is 4.04. The molecule has 40 heavy (non-hydrogen) atoms. The highest BCUT2D eigenvalue weighted by atomic mass is 32.2. The Morgan fingerprint density at radius 3 is 2.25 bits per heavy atom. The summed E-state index contributed by atoms with van der Waals surface area (Å²) in [5, 5.41) is 13.6. The van der Waals surface area contributed by atoms with Crippen molar-refractivity contribution in [3.05, 3.63) is 77.9 Å². The van der Waals surface area contributed by atoms with Gasteiger partial charge in [-0.15, -0.1) is 10.2 Å². The fraction of sp³-hybridized carbons (Fsp3) is 0.267. The molecule has 9 nitrogen and oxygen atoms in total. The second-order valence-electron chi connectivity index (χ2n) is 9.81. The standard InChI is InChI=1S/C30H33N5O4S/c1-30(2,3)22-15-12-20(13-16-22)28-33-34-29(35(28)23-10-8-7-9-11-23)40-19-25(36)32-31-18-21-14-17-24(37-4)27(39-6)26(21)38-5/h7-18H,19H2,1-6H3,(H,32,36)/b31-18-. The number of nitrogens with zero attached hydrogens (tertiary/aromatic N) is 4. The SMILES string of the molecule is COc1ccc(/C=N\NC(=O)CSc2nnc(-c3ccc(C(C)(C)C)cc3)n2-c2ccccc2)c(OC)c1OC. The average Bonchev–Trinajstić information content (AvgIpc) is 3.39. The van der Waals surface area contributed by atoms with E-state index in [9.17, 15) is 4.79 Å². The summed E-state index contributed by atoms with van der Waals surface area (Å²) < 4.78 is 18.1. The van der Waals surface area contributed by atoms with E-state index in [1.807, 2.05) is 34.9 Å². The largest absolute Gasteiger partial charge is 0.493 e. The summed E-state index contributed by atoms with van der Waals surface area (Å²) in [4.78, 5) is 12.7. The minimum absolute atomic E-state index is 0.0487. The topological polar surface area (TPSA) is 99.9 Å². The molecule has 1 aromatic heterocycles. The quantitative estimate of drug-likeness (QED) is 0.156. The maximum atomic E-state index is 12.7. The summed E-state index contributed by atoms with van der Waals surface area (Å²) >= 11 is 1.28. The molecule has 0 fully saturated rings. The zero-order valence-electron chi connectivity index (χ0n) is 23.5. The van der Waals surface area contributed by atoms with E-state index in [1.54, 1.807) is 19.2 Å². The second kappa shape index (κ2) is 12.7. The van der Waals surface area contributed by atoms with Crippen LogP contribution in [0, 0.1) is 0 Å². The van der Waals surface area contributed by atoms with Crippen molar-refractivity contribution in [3.63, 3.8) is 0 Å². The van der Waals surface area contributed by atoms with Crippen molar-refractivity contribution in [2.45, 2.75) is 31.3 Å². The Hall–Kier alpha value is -4.31. The van der Waals surface area contributed by atoms with Crippen molar-refractivity contribution in [1.82, 2.24) is 20.2 Å². The van der Waals surface area contributed by atoms with Gasteiger partial charge >= 0.3 is 0 Å². The van der Waals surface area contributed by atoms with Gasteiger partial charge in [-0.1, -0.05) is 75.0 Å². The number of para-hydroxylation sites is 1. The van der Waals surface area contributed by atoms with E-state index in [0.717, 1.165) is 11.3 Å². The van der Waals surface area contributed by atoms with Gasteiger partial charge < -0.3 is 14.2 Å². The van der Waals surface area contributed by atoms with Crippen LogP contribution in [0.25, 0.3) is 17.1 Å². The van der Waals surface area contributed by atoms with Crippen molar-refractivity contribution >= 4 is 23.9 Å². The first-order chi connectivity index (χ1) is 19.3. The lowest BCUT2D eigenvalue weighted by atomic mass is 9.87. The molecule has 0 aliphatic heterocycles. The highest BCUT2D eigenvalue weighted by Gasteiger charge is 2.19. The Morgan fingerprint density at radius 2 is 1.62 bits per heavy atom. The van der Waals surface area contributed by atoms with Crippen LogP contribution in [0.1, 0.15) is 31.9 Å². The smallest absolute Gasteiger partial charge is 0.250 e. The molecule has 1 N–H and O–H groups in total. The van der Waals surface area contributed by atoms with Gasteiger partial charge in [0.2, 0.25) is 5.75 Å². The van der Waals surface area contributed by atoms with Crippen LogP contribution in [0.5, 0.6) is 17.2 Å². The van der Waals surface area contributed by atoms with Crippen LogP contribution in [-0.4, -0.2) is 54.0 Å². The predicted octanol–water partition coefficient (Wildman–Crippen LogP) is 5.50. The third-order valence-electron chi connectivity index (χ3n) is 6.12. The molecule has 208 valence electrons. The van der Waals surface area contributed by atoms with Crippen molar-refractivity contribution < 1.29 is 19.0 Å². The van der Waals surface area contributed by atoms with Crippen LogP contribution >= 0.6 is 11.8 Å². The average molecular weight is 560 g/mol. The zero-order valence-corrected chi connectivity index (χ0v) is 24.3. The van der Waals surface area contributed by atoms with Crippen molar-refractivity contribution in [3.8, 4) is 34.3 Å². The molecule has 0 radical (unpaired) electrons. The van der Waals surface area contributed by atoms with Crippen LogP contribution in [0.15, 0.2) is 77.0 Å². The fourth-order valence-corrected chi connectivity index (χ4v) is 4.79. The Kier molecular flexibility index (Phi) is 9.11. The van der Waals surface area contributed by atoms with Gasteiger partial charge in [-0.25, -0.2) is 5.43 Å². The number of aromatic nitrogens is 3. The maximum absolute atomic E-state index is 12.7. The lowest BCUT2D eigenvalue weighted by Gasteiger charge is -2.19. The number of carbonyl (C=O) groups is 1. The third-order valence-corrected chi connectivity index (χ3v) is 7.05. The number of ether oxygens (including phenoxy) is 3. The van der Waals surface area contributed by atoms with E-state index >= 15 is 0 Å². The highest BCUT2D eigenvalue weighted by Crippen LogP contribution is 2.39. The van der Waals surface area contributed by atoms with Gasteiger partial charge in [0.15, 0.2) is 22.5 Å². The normalized spacial score (nSPS) is 11.4. The molecule has 0 spiro atoms. The van der Waals surface area contributed by atoms with E-state index < -0.39 is 0 Å². The highest BCUT2D eigenvalue weighted by molar-refractivity contribution is 7.99. The minimum atomic E-state index is -0.292. The number of carbonyl (C=O) groups excluding carboxylic acids is 1. The molecule has 4 aromatic rings. The van der Waals surface area contributed by atoms with Crippen molar-refractivity contribution in [2.75, 3.05) is 27.1 Å². The van der Waals surface area contributed by atoms with Crippen LogP contribution in [0.3, 0.4) is 0 Å². The van der Waals surface area contributed by atoms with Crippen molar-refractivity contribution in [1.29, 1.82) is 0 Å². The molecule has 1 heterocycles. The molecule has 0 saturated heterocycles. The van der Waals surface area contributed by atoms with Gasteiger partial charge in [-0.2, -0.15) is 5.10 Å². The molecule has 0 aliphatic rings. The number of methoxy groups -OCH3 is 3. The summed E-state index contributed by atoms with van der Waals surface area (Å²) in [5.74, 6) is 1.93. The summed E-state index contributed by atoms with van der Waals surface area (Å²) in [6, 6.07) is 21.7. The zero-order chi connectivity index (χ0) is 28.7. The van der Waals surface area contributed by atoms with E-state index in [0.29, 0.717) is 33.8 Å². The third kappa shape index (κ3) is 6.45. The number of hydrogen-bond donors (Lipinski definition) is 1. The predicted molar refractivity (Wildman–Crippen MR) is 158 cm³/mol. The minimum Gasteiger partial charge on any atom is -0.493 e. The molecule has 10 heteroatoms. The van der Waals surface area contributed by atoms with E-state index in [2.05, 4.69) is 65.8 Å². The number of hydrogen-bond acceptors (Lipinski definition) is 8. The number of nitrogens with one attached hydrogen (secondary N) is 1. The van der Waals surface area contributed by atoms with Gasteiger partial charge in [0.05, 0.1) is 33.3 Å².